The number of ether oxygens (including phenoxy) is 1. The van der Waals surface area contributed by atoms with Crippen LogP contribution in [0.5, 0.6) is 5.88 Å². The van der Waals surface area contributed by atoms with Gasteiger partial charge in [0.1, 0.15) is 11.6 Å². The summed E-state index contributed by atoms with van der Waals surface area (Å²) in [5.74, 6) is 0.145. The fourth-order valence-electron chi connectivity index (χ4n) is 1.94. The normalized spacial score (nSPS) is 10.8. The molecule has 1 atom stereocenters. The SMILES string of the molecule is Cl.Cl.NC(CC(=O)NCCOc1ncc(Cl)cc1Cl)c1ccccc1. The Morgan fingerprint density at radius 2 is 1.92 bits per heavy atom. The maximum Gasteiger partial charge on any atom is 0.232 e. The monoisotopic (exact) mass is 425 g/mol. The van der Waals surface area contributed by atoms with Crippen LogP contribution in [0.2, 0.25) is 10.0 Å². The van der Waals surface area contributed by atoms with Crippen LogP contribution in [-0.4, -0.2) is 24.0 Å². The summed E-state index contributed by atoms with van der Waals surface area (Å²) < 4.78 is 5.38. The number of carbonyl (C=O) groups is 1. The molecule has 1 aromatic heterocycles. The second-order valence-corrected chi connectivity index (χ2v) is 5.70. The highest BCUT2D eigenvalue weighted by molar-refractivity contribution is 6.35. The molecule has 1 heterocycles. The molecular weight excluding hydrogens is 408 g/mol. The van der Waals surface area contributed by atoms with Gasteiger partial charge in [-0.25, -0.2) is 4.98 Å². The van der Waals surface area contributed by atoms with Crippen LogP contribution >= 0.6 is 48.0 Å². The zero-order valence-corrected chi connectivity index (χ0v) is 16.3. The summed E-state index contributed by atoms with van der Waals surface area (Å²) in [6, 6.07) is 10.7. The first-order chi connectivity index (χ1) is 11.1. The number of hydrogen-bond acceptors (Lipinski definition) is 4. The Labute approximate surface area is 169 Å². The summed E-state index contributed by atoms with van der Waals surface area (Å²) in [7, 11) is 0. The molecule has 138 valence electrons. The summed E-state index contributed by atoms with van der Waals surface area (Å²) in [5, 5.41) is 3.51. The first-order valence-corrected chi connectivity index (χ1v) is 7.83. The van der Waals surface area contributed by atoms with Crippen LogP contribution in [0, 0.1) is 0 Å². The van der Waals surface area contributed by atoms with Crippen molar-refractivity contribution in [3.63, 3.8) is 0 Å². The molecule has 2 rings (SSSR count). The molecule has 5 nitrogen and oxygen atoms in total. The van der Waals surface area contributed by atoms with E-state index in [1.807, 2.05) is 30.3 Å². The average Bonchev–Trinajstić information content (AvgIpc) is 2.54. The summed E-state index contributed by atoms with van der Waals surface area (Å²) in [4.78, 5) is 15.8. The van der Waals surface area contributed by atoms with E-state index in [1.54, 1.807) is 6.07 Å². The number of carbonyl (C=O) groups excluding carboxylic acids is 1. The van der Waals surface area contributed by atoms with Gasteiger partial charge in [0.25, 0.3) is 0 Å². The zero-order valence-electron chi connectivity index (χ0n) is 13.2. The topological polar surface area (TPSA) is 77.2 Å². The highest BCUT2D eigenvalue weighted by atomic mass is 35.5. The minimum atomic E-state index is -0.329. The van der Waals surface area contributed by atoms with Crippen LogP contribution in [0.25, 0.3) is 0 Å². The van der Waals surface area contributed by atoms with Crippen LogP contribution in [0.15, 0.2) is 42.6 Å². The number of nitrogens with one attached hydrogen (secondary N) is 1. The van der Waals surface area contributed by atoms with Crippen molar-refractivity contribution in [2.45, 2.75) is 12.5 Å². The number of pyridine rings is 1. The number of nitrogens with two attached hydrogens (primary N) is 1. The van der Waals surface area contributed by atoms with Gasteiger partial charge in [0.05, 0.1) is 11.6 Å². The third-order valence-electron chi connectivity index (χ3n) is 3.07. The van der Waals surface area contributed by atoms with E-state index in [2.05, 4.69) is 10.3 Å². The van der Waals surface area contributed by atoms with Crippen LogP contribution in [0.3, 0.4) is 0 Å². The molecular formula is C16H19Cl4N3O2. The Bertz CT molecular complexity index is 659. The highest BCUT2D eigenvalue weighted by Gasteiger charge is 2.11. The van der Waals surface area contributed by atoms with Gasteiger partial charge in [-0.3, -0.25) is 4.79 Å². The lowest BCUT2D eigenvalue weighted by molar-refractivity contribution is -0.121. The molecule has 0 radical (unpaired) electrons. The van der Waals surface area contributed by atoms with Gasteiger partial charge in [-0.1, -0.05) is 53.5 Å². The molecule has 0 spiro atoms. The first kappa shape index (κ1) is 23.8. The van der Waals surface area contributed by atoms with Crippen molar-refractivity contribution in [2.24, 2.45) is 5.73 Å². The standard InChI is InChI=1S/C16H17Cl2N3O2.2ClH/c17-12-8-13(18)16(21-10-12)23-7-6-20-15(22)9-14(19)11-4-2-1-3-5-11;;/h1-5,8,10,14H,6-7,9,19H2,(H,20,22);2*1H. The number of rotatable bonds is 7. The van der Waals surface area contributed by atoms with Gasteiger partial charge in [0.2, 0.25) is 11.8 Å². The van der Waals surface area contributed by atoms with Crippen LogP contribution in [0.1, 0.15) is 18.0 Å². The van der Waals surface area contributed by atoms with Gasteiger partial charge in [0.15, 0.2) is 0 Å². The number of hydrogen-bond donors (Lipinski definition) is 2. The van der Waals surface area contributed by atoms with Crippen molar-refractivity contribution < 1.29 is 9.53 Å². The van der Waals surface area contributed by atoms with Gasteiger partial charge in [-0.2, -0.15) is 0 Å². The molecule has 25 heavy (non-hydrogen) atoms. The van der Waals surface area contributed by atoms with Crippen molar-refractivity contribution in [1.82, 2.24) is 10.3 Å². The molecule has 2 aromatic rings. The van der Waals surface area contributed by atoms with E-state index in [0.29, 0.717) is 16.6 Å². The molecule has 0 saturated heterocycles. The molecule has 0 aliphatic rings. The minimum Gasteiger partial charge on any atom is -0.475 e. The highest BCUT2D eigenvalue weighted by Crippen LogP contribution is 2.24. The first-order valence-electron chi connectivity index (χ1n) is 7.07. The van der Waals surface area contributed by atoms with Gasteiger partial charge in [0, 0.05) is 18.7 Å². The Kier molecular flexibility index (Phi) is 11.6. The van der Waals surface area contributed by atoms with Crippen molar-refractivity contribution in [2.75, 3.05) is 13.2 Å². The maximum absolute atomic E-state index is 11.8. The van der Waals surface area contributed by atoms with Crippen molar-refractivity contribution in [3.8, 4) is 5.88 Å². The van der Waals surface area contributed by atoms with E-state index < -0.39 is 0 Å². The molecule has 1 amide bonds. The Balaban J connectivity index is 0.00000288. The summed E-state index contributed by atoms with van der Waals surface area (Å²) in [6.07, 6.45) is 1.66. The lowest BCUT2D eigenvalue weighted by atomic mass is 10.0. The van der Waals surface area contributed by atoms with E-state index in [1.165, 1.54) is 6.20 Å². The zero-order chi connectivity index (χ0) is 16.7. The third kappa shape index (κ3) is 8.12. The second kappa shape index (κ2) is 12.2. The Hall–Kier alpha value is -1.24. The van der Waals surface area contributed by atoms with E-state index in [4.69, 9.17) is 33.7 Å². The number of amides is 1. The van der Waals surface area contributed by atoms with Crippen LogP contribution in [-0.2, 0) is 4.79 Å². The number of nitrogens with zero attached hydrogens (tertiary/aromatic N) is 1. The smallest absolute Gasteiger partial charge is 0.232 e. The maximum atomic E-state index is 11.8. The van der Waals surface area contributed by atoms with Crippen molar-refractivity contribution >= 4 is 53.9 Å². The summed E-state index contributed by atoms with van der Waals surface area (Å²) >= 11 is 11.7. The fraction of sp³-hybridized carbons (Fsp3) is 0.250. The fourth-order valence-corrected chi connectivity index (χ4v) is 2.37. The minimum absolute atomic E-state index is 0. The molecule has 0 bridgehead atoms. The van der Waals surface area contributed by atoms with Crippen molar-refractivity contribution in [1.29, 1.82) is 0 Å². The molecule has 1 unspecified atom stereocenters. The lowest BCUT2D eigenvalue weighted by Crippen LogP contribution is -2.30. The van der Waals surface area contributed by atoms with Gasteiger partial charge >= 0.3 is 0 Å². The third-order valence-corrected chi connectivity index (χ3v) is 3.55. The molecule has 1 aromatic carbocycles. The molecule has 0 fully saturated rings. The van der Waals surface area contributed by atoms with Gasteiger partial charge < -0.3 is 15.8 Å². The number of benzene rings is 1. The molecule has 0 aliphatic heterocycles. The van der Waals surface area contributed by atoms with Gasteiger partial charge in [-0.05, 0) is 11.6 Å². The Morgan fingerprint density at radius 1 is 1.24 bits per heavy atom. The lowest BCUT2D eigenvalue weighted by Gasteiger charge is -2.12. The van der Waals surface area contributed by atoms with E-state index in [-0.39, 0.29) is 55.7 Å². The quantitative estimate of drug-likeness (QED) is 0.659. The Morgan fingerprint density at radius 3 is 2.56 bits per heavy atom. The predicted octanol–water partition coefficient (Wildman–Crippen LogP) is 3.82. The predicted molar refractivity (Wildman–Crippen MR) is 105 cm³/mol. The van der Waals surface area contributed by atoms with Crippen molar-refractivity contribution in [3.05, 3.63) is 58.2 Å². The van der Waals surface area contributed by atoms with E-state index in [9.17, 15) is 4.79 Å². The van der Waals surface area contributed by atoms with Crippen LogP contribution in [0.4, 0.5) is 0 Å². The average molecular weight is 427 g/mol. The van der Waals surface area contributed by atoms with E-state index in [0.717, 1.165) is 5.56 Å². The largest absolute Gasteiger partial charge is 0.475 e. The molecule has 0 saturated carbocycles. The summed E-state index contributed by atoms with van der Waals surface area (Å²) in [5.41, 5.74) is 6.92. The number of halogens is 4. The van der Waals surface area contributed by atoms with E-state index >= 15 is 0 Å². The number of aromatic nitrogens is 1. The summed E-state index contributed by atoms with van der Waals surface area (Å²) in [6.45, 7) is 0.585. The molecule has 0 aliphatic carbocycles. The van der Waals surface area contributed by atoms with Crippen LogP contribution < -0.4 is 15.8 Å². The van der Waals surface area contributed by atoms with Gasteiger partial charge in [-0.15, -0.1) is 24.8 Å². The second-order valence-electron chi connectivity index (χ2n) is 4.86. The molecule has 3 N–H and O–H groups in total. The molecule has 9 heteroatoms.